The Morgan fingerprint density at radius 3 is 3.36 bits per heavy atom. The first kappa shape index (κ1) is 7.99. The first-order chi connectivity index (χ1) is 6.95. The Hall–Kier alpha value is -1.36. The van der Waals surface area contributed by atoms with Crippen molar-refractivity contribution < 1.29 is 4.57 Å². The van der Waals surface area contributed by atoms with E-state index in [2.05, 4.69) is 37.6 Å². The molecule has 1 aliphatic rings. The number of hydrogen-bond acceptors (Lipinski definition) is 3. The van der Waals surface area contributed by atoms with E-state index in [1.54, 1.807) is 11.3 Å². The quantitative estimate of drug-likeness (QED) is 0.691. The van der Waals surface area contributed by atoms with Crippen molar-refractivity contribution >= 4 is 17.3 Å². The lowest BCUT2D eigenvalue weighted by Crippen LogP contribution is -2.42. The van der Waals surface area contributed by atoms with E-state index in [0.717, 1.165) is 31.3 Å². The molecule has 0 unspecified atom stereocenters. The van der Waals surface area contributed by atoms with Crippen LogP contribution < -0.4 is 9.88 Å². The molecule has 4 nitrogen and oxygen atoms in total. The number of nitrogens with one attached hydrogen (secondary N) is 2. The fraction of sp³-hybridized carbons (Fsp3) is 0.333. The van der Waals surface area contributed by atoms with Crippen molar-refractivity contribution in [2.45, 2.75) is 13.0 Å². The molecule has 0 fully saturated rings. The van der Waals surface area contributed by atoms with Gasteiger partial charge in [0.2, 0.25) is 5.82 Å². The monoisotopic (exact) mass is 207 g/mol. The minimum absolute atomic E-state index is 0.958. The van der Waals surface area contributed by atoms with Crippen molar-refractivity contribution in [1.82, 2.24) is 10.2 Å². The van der Waals surface area contributed by atoms with Crippen molar-refractivity contribution in [3.8, 4) is 10.7 Å². The molecule has 3 rings (SSSR count). The Balaban J connectivity index is 2.11. The minimum atomic E-state index is 0.958. The number of nitrogens with zero attached hydrogens (tertiary/aromatic N) is 2. The van der Waals surface area contributed by atoms with E-state index in [1.807, 2.05) is 0 Å². The van der Waals surface area contributed by atoms with Gasteiger partial charge in [0.25, 0.3) is 0 Å². The van der Waals surface area contributed by atoms with Crippen LogP contribution in [-0.4, -0.2) is 16.7 Å². The zero-order valence-electron chi connectivity index (χ0n) is 7.66. The van der Waals surface area contributed by atoms with Gasteiger partial charge >= 0.3 is 5.95 Å². The second kappa shape index (κ2) is 3.09. The minimum Gasteiger partial charge on any atom is -0.292 e. The second-order valence-electron chi connectivity index (χ2n) is 3.31. The van der Waals surface area contributed by atoms with E-state index in [4.69, 9.17) is 0 Å². The molecule has 3 heterocycles. The van der Waals surface area contributed by atoms with Gasteiger partial charge in [0.05, 0.1) is 18.0 Å². The molecular weight excluding hydrogens is 196 g/mol. The molecule has 0 spiro atoms. The van der Waals surface area contributed by atoms with Crippen molar-refractivity contribution in [2.75, 3.05) is 11.9 Å². The summed E-state index contributed by atoms with van der Waals surface area (Å²) >= 11 is 1.73. The van der Waals surface area contributed by atoms with Gasteiger partial charge in [0, 0.05) is 11.5 Å². The zero-order chi connectivity index (χ0) is 9.38. The molecule has 0 saturated carbocycles. The molecule has 0 amide bonds. The summed E-state index contributed by atoms with van der Waals surface area (Å²) in [5.41, 5.74) is 0. The standard InChI is InChI=1S/C9H10N4S/c1-3-7(14-6-1)8-11-12-9-10-4-2-5-13(8)9/h1,3,6H,2,4-5H2,(H,10,12)/p+1. The third-order valence-corrected chi connectivity index (χ3v) is 3.27. The van der Waals surface area contributed by atoms with Crippen LogP contribution in [0.3, 0.4) is 0 Å². The Morgan fingerprint density at radius 1 is 1.50 bits per heavy atom. The van der Waals surface area contributed by atoms with Gasteiger partial charge in [-0.3, -0.25) is 5.32 Å². The van der Waals surface area contributed by atoms with E-state index in [-0.39, 0.29) is 0 Å². The number of hydrogen-bond donors (Lipinski definition) is 2. The molecular formula is C9H11N4S+. The summed E-state index contributed by atoms with van der Waals surface area (Å²) in [5, 5.41) is 12.7. The van der Waals surface area contributed by atoms with Crippen LogP contribution in [0.1, 0.15) is 6.42 Å². The van der Waals surface area contributed by atoms with Gasteiger partial charge in [-0.05, 0) is 11.4 Å². The van der Waals surface area contributed by atoms with Gasteiger partial charge in [0.15, 0.2) is 0 Å². The van der Waals surface area contributed by atoms with Crippen LogP contribution in [0.5, 0.6) is 0 Å². The largest absolute Gasteiger partial charge is 0.377 e. The molecule has 1 aliphatic heterocycles. The molecule has 72 valence electrons. The van der Waals surface area contributed by atoms with Crippen LogP contribution >= 0.6 is 11.3 Å². The van der Waals surface area contributed by atoms with Gasteiger partial charge < -0.3 is 0 Å². The smallest absolute Gasteiger partial charge is 0.292 e. The number of thiophene rings is 1. The number of H-pyrrole nitrogens is 1. The SMILES string of the molecule is c1csc(-c2[nH]nc3[n+]2CCCN3)c1. The van der Waals surface area contributed by atoms with Crippen LogP contribution in [0.2, 0.25) is 0 Å². The van der Waals surface area contributed by atoms with Crippen molar-refractivity contribution in [1.29, 1.82) is 0 Å². The average molecular weight is 207 g/mol. The molecule has 14 heavy (non-hydrogen) atoms. The summed E-state index contributed by atoms with van der Waals surface area (Å²) in [4.78, 5) is 1.24. The van der Waals surface area contributed by atoms with Gasteiger partial charge in [-0.15, -0.1) is 11.3 Å². The van der Waals surface area contributed by atoms with Gasteiger partial charge in [0.1, 0.15) is 0 Å². The summed E-state index contributed by atoms with van der Waals surface area (Å²) < 4.78 is 2.20. The van der Waals surface area contributed by atoms with E-state index >= 15 is 0 Å². The lowest BCUT2D eigenvalue weighted by molar-refractivity contribution is -0.675. The third kappa shape index (κ3) is 1.13. The predicted octanol–water partition coefficient (Wildman–Crippen LogP) is 1.24. The van der Waals surface area contributed by atoms with E-state index < -0.39 is 0 Å². The fourth-order valence-electron chi connectivity index (χ4n) is 1.72. The summed E-state index contributed by atoms with van der Waals surface area (Å²) in [6.07, 6.45) is 1.16. The number of rotatable bonds is 1. The van der Waals surface area contributed by atoms with E-state index in [1.165, 1.54) is 4.88 Å². The summed E-state index contributed by atoms with van der Waals surface area (Å²) in [7, 11) is 0. The molecule has 2 aromatic rings. The molecule has 5 heteroatoms. The average Bonchev–Trinajstić information content (AvgIpc) is 2.85. The van der Waals surface area contributed by atoms with Crippen LogP contribution in [0, 0.1) is 0 Å². The fourth-order valence-corrected chi connectivity index (χ4v) is 2.45. The first-order valence-electron chi connectivity index (χ1n) is 4.71. The highest BCUT2D eigenvalue weighted by Gasteiger charge is 2.23. The number of aromatic nitrogens is 3. The molecule has 0 radical (unpaired) electrons. The highest BCUT2D eigenvalue weighted by molar-refractivity contribution is 7.13. The van der Waals surface area contributed by atoms with E-state index in [0.29, 0.717) is 0 Å². The van der Waals surface area contributed by atoms with Gasteiger partial charge in [-0.1, -0.05) is 6.07 Å². The maximum Gasteiger partial charge on any atom is 0.377 e. The summed E-state index contributed by atoms with van der Waals surface area (Å²) in [6, 6.07) is 4.17. The van der Waals surface area contributed by atoms with E-state index in [9.17, 15) is 0 Å². The maximum absolute atomic E-state index is 4.25. The molecule has 0 saturated heterocycles. The van der Waals surface area contributed by atoms with Gasteiger partial charge in [-0.2, -0.15) is 5.10 Å². The second-order valence-corrected chi connectivity index (χ2v) is 4.25. The van der Waals surface area contributed by atoms with Crippen LogP contribution in [-0.2, 0) is 6.54 Å². The first-order valence-corrected chi connectivity index (χ1v) is 5.59. The zero-order valence-corrected chi connectivity index (χ0v) is 8.47. The highest BCUT2D eigenvalue weighted by atomic mass is 32.1. The Morgan fingerprint density at radius 2 is 2.50 bits per heavy atom. The number of fused-ring (bicyclic) bond motifs is 1. The van der Waals surface area contributed by atoms with Crippen molar-refractivity contribution in [3.05, 3.63) is 17.5 Å². The summed E-state index contributed by atoms with van der Waals surface area (Å²) in [5.74, 6) is 2.07. The van der Waals surface area contributed by atoms with Crippen molar-refractivity contribution in [3.63, 3.8) is 0 Å². The highest BCUT2D eigenvalue weighted by Crippen LogP contribution is 2.21. The topological polar surface area (TPSA) is 44.6 Å². The molecule has 0 aliphatic carbocycles. The maximum atomic E-state index is 4.25. The molecule has 2 aromatic heterocycles. The van der Waals surface area contributed by atoms with Crippen LogP contribution in [0.25, 0.3) is 10.7 Å². The third-order valence-electron chi connectivity index (χ3n) is 2.39. The number of anilines is 1. The Bertz CT molecular complexity index is 432. The lowest BCUT2D eigenvalue weighted by atomic mass is 10.3. The normalized spacial score (nSPS) is 14.9. The molecule has 0 bridgehead atoms. The van der Waals surface area contributed by atoms with Crippen molar-refractivity contribution in [2.24, 2.45) is 0 Å². The predicted molar refractivity (Wildman–Crippen MR) is 55.2 cm³/mol. The Kier molecular flexibility index (Phi) is 1.77. The van der Waals surface area contributed by atoms with Crippen LogP contribution in [0.15, 0.2) is 17.5 Å². The summed E-state index contributed by atoms with van der Waals surface area (Å²) in [6.45, 7) is 2.07. The van der Waals surface area contributed by atoms with Crippen LogP contribution in [0.4, 0.5) is 5.95 Å². The molecule has 0 atom stereocenters. The Labute approximate surface area is 85.6 Å². The molecule has 2 N–H and O–H groups in total. The number of aromatic amines is 1. The van der Waals surface area contributed by atoms with Gasteiger partial charge in [-0.25, -0.2) is 4.57 Å². The molecule has 0 aromatic carbocycles. The lowest BCUT2D eigenvalue weighted by Gasteiger charge is -2.09.